The van der Waals surface area contributed by atoms with Crippen LogP contribution in [0.4, 0.5) is 0 Å². The summed E-state index contributed by atoms with van der Waals surface area (Å²) in [5, 5.41) is 9.34. The highest BCUT2D eigenvalue weighted by Gasteiger charge is 2.33. The maximum Gasteiger partial charge on any atom is 0.430 e. The van der Waals surface area contributed by atoms with E-state index < -0.39 is 0 Å². The number of hydrogen-bond donors (Lipinski definition) is 0. The Hall–Kier alpha value is -2.04. The molecule has 0 aliphatic heterocycles. The first-order chi connectivity index (χ1) is 9.56. The van der Waals surface area contributed by atoms with Gasteiger partial charge in [0, 0.05) is 17.2 Å². The Morgan fingerprint density at radius 3 is 1.65 bits per heavy atom. The quantitative estimate of drug-likeness (QED) is 0.801. The predicted molar refractivity (Wildman–Crippen MR) is 82.0 cm³/mol. The standard InChI is InChI=1S/C15H19BN4/c1-11-9-13(3)19(17-11)16(15-7-5-6-8-15)20-14(4)10-12(2)18-20/h5-10,15H,1-4H3. The van der Waals surface area contributed by atoms with Gasteiger partial charge in [0.2, 0.25) is 0 Å². The van der Waals surface area contributed by atoms with Gasteiger partial charge in [-0.2, -0.15) is 10.2 Å². The van der Waals surface area contributed by atoms with Crippen molar-refractivity contribution in [2.24, 2.45) is 0 Å². The number of allylic oxidation sites excluding steroid dienone is 4. The van der Waals surface area contributed by atoms with E-state index in [0.29, 0.717) is 0 Å². The fourth-order valence-electron chi connectivity index (χ4n) is 2.91. The molecule has 0 amide bonds. The summed E-state index contributed by atoms with van der Waals surface area (Å²) in [6, 6.07) is 4.22. The van der Waals surface area contributed by atoms with Gasteiger partial charge in [-0.1, -0.05) is 24.3 Å². The number of hydrogen-bond acceptors (Lipinski definition) is 2. The van der Waals surface area contributed by atoms with Crippen molar-refractivity contribution in [2.75, 3.05) is 0 Å². The number of aromatic nitrogens is 4. The second-order valence-corrected chi connectivity index (χ2v) is 5.50. The fourth-order valence-corrected chi connectivity index (χ4v) is 2.91. The smallest absolute Gasteiger partial charge is 0.287 e. The fraction of sp³-hybridized carbons (Fsp3) is 0.333. The van der Waals surface area contributed by atoms with Gasteiger partial charge in [0.15, 0.2) is 0 Å². The summed E-state index contributed by atoms with van der Waals surface area (Å²) in [7, 11) is 0. The molecule has 0 unspecified atom stereocenters. The Kier molecular flexibility index (Phi) is 3.12. The molecule has 0 radical (unpaired) electrons. The molecule has 0 spiro atoms. The van der Waals surface area contributed by atoms with Crippen molar-refractivity contribution in [1.29, 1.82) is 0 Å². The average molecular weight is 266 g/mol. The molecule has 4 nitrogen and oxygen atoms in total. The second kappa shape index (κ2) is 4.82. The summed E-state index contributed by atoms with van der Waals surface area (Å²) in [5.74, 6) is 0.283. The van der Waals surface area contributed by atoms with Crippen LogP contribution < -0.4 is 0 Å². The molecule has 2 heterocycles. The Balaban J connectivity index is 2.13. The van der Waals surface area contributed by atoms with Crippen LogP contribution in [0.25, 0.3) is 0 Å². The monoisotopic (exact) mass is 266 g/mol. The molecule has 102 valence electrons. The lowest BCUT2D eigenvalue weighted by Gasteiger charge is -2.20. The van der Waals surface area contributed by atoms with Crippen LogP contribution >= 0.6 is 0 Å². The van der Waals surface area contributed by atoms with Gasteiger partial charge in [0.25, 0.3) is 0 Å². The average Bonchev–Trinajstić information content (AvgIpc) is 3.05. The molecule has 0 N–H and O–H groups in total. The minimum atomic E-state index is 0.0624. The van der Waals surface area contributed by atoms with E-state index in [1.807, 2.05) is 13.8 Å². The van der Waals surface area contributed by atoms with Gasteiger partial charge >= 0.3 is 6.98 Å². The molecular formula is C15H19BN4. The maximum atomic E-state index is 4.67. The van der Waals surface area contributed by atoms with Crippen molar-refractivity contribution >= 4 is 6.98 Å². The van der Waals surface area contributed by atoms with Crippen LogP contribution in [0.5, 0.6) is 0 Å². The van der Waals surface area contributed by atoms with Gasteiger partial charge in [0.1, 0.15) is 0 Å². The summed E-state index contributed by atoms with van der Waals surface area (Å²) >= 11 is 0. The van der Waals surface area contributed by atoms with Crippen molar-refractivity contribution in [3.05, 3.63) is 59.2 Å². The van der Waals surface area contributed by atoms with E-state index in [9.17, 15) is 0 Å². The van der Waals surface area contributed by atoms with E-state index >= 15 is 0 Å². The Labute approximate surface area is 119 Å². The van der Waals surface area contributed by atoms with Gasteiger partial charge in [0.05, 0.1) is 11.4 Å². The molecule has 2 aromatic heterocycles. The Morgan fingerprint density at radius 2 is 1.30 bits per heavy atom. The highest BCUT2D eigenvalue weighted by Crippen LogP contribution is 2.24. The van der Waals surface area contributed by atoms with Crippen LogP contribution in [0.2, 0.25) is 5.82 Å². The van der Waals surface area contributed by atoms with Gasteiger partial charge in [-0.25, -0.2) is 0 Å². The molecule has 0 fully saturated rings. The lowest BCUT2D eigenvalue weighted by atomic mass is 9.62. The highest BCUT2D eigenvalue weighted by atomic mass is 15.4. The first kappa shape index (κ1) is 13.0. The second-order valence-electron chi connectivity index (χ2n) is 5.50. The molecule has 0 bridgehead atoms. The molecule has 0 atom stereocenters. The van der Waals surface area contributed by atoms with Crippen LogP contribution in [0, 0.1) is 27.7 Å². The summed E-state index contributed by atoms with van der Waals surface area (Å²) in [4.78, 5) is 0. The normalized spacial score (nSPS) is 14.4. The highest BCUT2D eigenvalue weighted by molar-refractivity contribution is 6.58. The summed E-state index contributed by atoms with van der Waals surface area (Å²) in [6.45, 7) is 8.32. The Bertz CT molecular complexity index is 635. The largest absolute Gasteiger partial charge is 0.430 e. The minimum Gasteiger partial charge on any atom is -0.287 e. The van der Waals surface area contributed by atoms with Crippen molar-refractivity contribution in [3.8, 4) is 0 Å². The van der Waals surface area contributed by atoms with Gasteiger partial charge in [-0.15, -0.1) is 0 Å². The van der Waals surface area contributed by atoms with Crippen LogP contribution in [0.15, 0.2) is 36.4 Å². The topological polar surface area (TPSA) is 35.6 Å². The maximum absolute atomic E-state index is 4.67. The van der Waals surface area contributed by atoms with Crippen molar-refractivity contribution in [2.45, 2.75) is 33.5 Å². The molecule has 1 aliphatic rings. The van der Waals surface area contributed by atoms with E-state index in [-0.39, 0.29) is 12.8 Å². The third-order valence-electron chi connectivity index (χ3n) is 3.71. The predicted octanol–water partition coefficient (Wildman–Crippen LogP) is 2.69. The van der Waals surface area contributed by atoms with Gasteiger partial charge in [-0.05, 0) is 39.8 Å². The van der Waals surface area contributed by atoms with E-state index in [1.54, 1.807) is 0 Å². The van der Waals surface area contributed by atoms with Gasteiger partial charge < -0.3 is 0 Å². The van der Waals surface area contributed by atoms with Crippen LogP contribution in [-0.4, -0.2) is 26.4 Å². The zero-order valence-corrected chi connectivity index (χ0v) is 12.4. The lowest BCUT2D eigenvalue weighted by Crippen LogP contribution is -2.40. The van der Waals surface area contributed by atoms with Crippen LogP contribution in [0.1, 0.15) is 22.8 Å². The van der Waals surface area contributed by atoms with Crippen molar-refractivity contribution < 1.29 is 0 Å². The van der Waals surface area contributed by atoms with Crippen LogP contribution in [0.3, 0.4) is 0 Å². The zero-order valence-electron chi connectivity index (χ0n) is 12.4. The molecule has 1 aliphatic carbocycles. The van der Waals surface area contributed by atoms with Crippen molar-refractivity contribution in [1.82, 2.24) is 19.4 Å². The number of nitrogens with zero attached hydrogens (tertiary/aromatic N) is 4. The summed E-state index contributed by atoms with van der Waals surface area (Å²) in [5.41, 5.74) is 4.41. The first-order valence-corrected chi connectivity index (χ1v) is 6.97. The number of rotatable bonds is 3. The van der Waals surface area contributed by atoms with Crippen LogP contribution in [-0.2, 0) is 0 Å². The molecule has 0 saturated carbocycles. The molecule has 3 rings (SSSR count). The van der Waals surface area contributed by atoms with Gasteiger partial charge in [-0.3, -0.25) is 9.19 Å². The van der Waals surface area contributed by atoms with Crippen molar-refractivity contribution in [3.63, 3.8) is 0 Å². The molecule has 0 saturated heterocycles. The summed E-state index contributed by atoms with van der Waals surface area (Å²) in [6.07, 6.45) is 8.60. The Morgan fingerprint density at radius 1 is 0.850 bits per heavy atom. The van der Waals surface area contributed by atoms with E-state index in [2.05, 4.69) is 69.7 Å². The third kappa shape index (κ3) is 2.13. The lowest BCUT2D eigenvalue weighted by molar-refractivity contribution is 0.789. The van der Waals surface area contributed by atoms with E-state index in [1.165, 1.54) is 0 Å². The SMILES string of the molecule is Cc1cc(C)n(B(C2C=CC=C2)n2nc(C)cc2C)n1. The summed E-state index contributed by atoms with van der Waals surface area (Å²) < 4.78 is 4.17. The zero-order chi connectivity index (χ0) is 14.3. The first-order valence-electron chi connectivity index (χ1n) is 6.97. The molecule has 2 aromatic rings. The van der Waals surface area contributed by atoms with E-state index in [4.69, 9.17) is 0 Å². The van der Waals surface area contributed by atoms with E-state index in [0.717, 1.165) is 22.8 Å². The molecule has 5 heteroatoms. The molecule has 0 aromatic carbocycles. The number of aryl methyl sites for hydroxylation is 4. The minimum absolute atomic E-state index is 0.0624. The molecule has 20 heavy (non-hydrogen) atoms. The third-order valence-corrected chi connectivity index (χ3v) is 3.71. The molecular weight excluding hydrogens is 247 g/mol.